The zero-order valence-corrected chi connectivity index (χ0v) is 14.1. The second-order valence-electron chi connectivity index (χ2n) is 6.44. The van der Waals surface area contributed by atoms with Gasteiger partial charge >= 0.3 is 0 Å². The van der Waals surface area contributed by atoms with Gasteiger partial charge in [-0.2, -0.15) is 0 Å². The van der Waals surface area contributed by atoms with Gasteiger partial charge in [-0.25, -0.2) is 4.98 Å². The highest BCUT2D eigenvalue weighted by molar-refractivity contribution is 7.09. The Kier molecular flexibility index (Phi) is 6.77. The molecule has 2 heterocycles. The number of carbonyl (C=O) groups is 1. The minimum atomic E-state index is -0.318. The molecular formula is C15H26N2O3S. The van der Waals surface area contributed by atoms with Crippen LogP contribution in [0.3, 0.4) is 0 Å². The first kappa shape index (κ1) is 18.1. The zero-order chi connectivity index (χ0) is 15.9. The van der Waals surface area contributed by atoms with Crippen molar-refractivity contribution in [2.75, 3.05) is 13.1 Å². The molecule has 2 N–H and O–H groups in total. The van der Waals surface area contributed by atoms with Crippen LogP contribution in [0.1, 0.15) is 51.2 Å². The second kappa shape index (κ2) is 7.87. The molecular weight excluding hydrogens is 288 g/mol. The maximum Gasteiger partial charge on any atom is 0.293 e. The van der Waals surface area contributed by atoms with E-state index >= 15 is 0 Å². The molecule has 120 valence electrons. The molecule has 5 nitrogen and oxygen atoms in total. The summed E-state index contributed by atoms with van der Waals surface area (Å²) < 4.78 is 4.55. The molecule has 0 spiro atoms. The predicted molar refractivity (Wildman–Crippen MR) is 84.4 cm³/mol. The molecule has 1 fully saturated rings. The molecule has 0 atom stereocenters. The molecule has 1 aliphatic heterocycles. The maximum atomic E-state index is 9.60. The van der Waals surface area contributed by atoms with Crippen molar-refractivity contribution < 1.29 is 14.6 Å². The second-order valence-corrected chi connectivity index (χ2v) is 7.30. The number of aliphatic hydroxyl groups is 1. The monoisotopic (exact) mass is 314 g/mol. The first-order chi connectivity index (χ1) is 9.80. The molecule has 1 aliphatic rings. The third-order valence-electron chi connectivity index (χ3n) is 3.34. The molecule has 21 heavy (non-hydrogen) atoms. The van der Waals surface area contributed by atoms with Crippen molar-refractivity contribution in [1.29, 1.82) is 0 Å². The molecule has 2 rings (SSSR count). The quantitative estimate of drug-likeness (QED) is 0.837. The fourth-order valence-corrected chi connectivity index (χ4v) is 3.03. The standard InChI is InChI=1S/C10H16N2OS.C5H10O2/c1-10(2-4-11-5-3-10)9-12-8(6-13)7-14-9;1-5(2,3)7-4-6/h7,11,13H,2-6H2,1H3;4H,1-3H3. The molecule has 0 unspecified atom stereocenters. The number of thiazole rings is 1. The van der Waals surface area contributed by atoms with E-state index in [1.807, 2.05) is 26.2 Å². The van der Waals surface area contributed by atoms with Gasteiger partial charge in [-0.15, -0.1) is 11.3 Å². The number of hydrogen-bond acceptors (Lipinski definition) is 6. The van der Waals surface area contributed by atoms with Crippen LogP contribution < -0.4 is 5.32 Å². The van der Waals surface area contributed by atoms with Crippen LogP contribution in [0.2, 0.25) is 0 Å². The first-order valence-electron chi connectivity index (χ1n) is 7.19. The van der Waals surface area contributed by atoms with Crippen molar-refractivity contribution in [3.63, 3.8) is 0 Å². The molecule has 0 bridgehead atoms. The van der Waals surface area contributed by atoms with Crippen LogP contribution in [0.25, 0.3) is 0 Å². The lowest BCUT2D eigenvalue weighted by Crippen LogP contribution is -2.37. The van der Waals surface area contributed by atoms with Gasteiger partial charge in [0.05, 0.1) is 17.3 Å². The Hall–Kier alpha value is -0.980. The smallest absolute Gasteiger partial charge is 0.293 e. The first-order valence-corrected chi connectivity index (χ1v) is 8.06. The predicted octanol–water partition coefficient (Wildman–Crippen LogP) is 2.23. The van der Waals surface area contributed by atoms with Gasteiger partial charge < -0.3 is 15.2 Å². The lowest BCUT2D eigenvalue weighted by molar-refractivity contribution is -0.138. The average molecular weight is 314 g/mol. The number of nitrogens with one attached hydrogen (secondary N) is 1. The Bertz CT molecular complexity index is 434. The van der Waals surface area contributed by atoms with Gasteiger partial charge in [0.2, 0.25) is 0 Å². The fraction of sp³-hybridized carbons (Fsp3) is 0.733. The summed E-state index contributed by atoms with van der Waals surface area (Å²) in [5.74, 6) is 0. The van der Waals surface area contributed by atoms with Crippen molar-refractivity contribution in [1.82, 2.24) is 10.3 Å². The van der Waals surface area contributed by atoms with Crippen molar-refractivity contribution in [3.05, 3.63) is 16.1 Å². The third kappa shape index (κ3) is 6.11. The van der Waals surface area contributed by atoms with Crippen LogP contribution in [-0.2, 0) is 21.6 Å². The number of aromatic nitrogens is 1. The largest absolute Gasteiger partial charge is 0.462 e. The summed E-state index contributed by atoms with van der Waals surface area (Å²) in [7, 11) is 0. The highest BCUT2D eigenvalue weighted by atomic mass is 32.1. The van der Waals surface area contributed by atoms with E-state index in [2.05, 4.69) is 22.0 Å². The van der Waals surface area contributed by atoms with E-state index in [4.69, 9.17) is 5.11 Å². The third-order valence-corrected chi connectivity index (χ3v) is 4.54. The number of ether oxygens (including phenoxy) is 1. The Labute approximate surface area is 130 Å². The summed E-state index contributed by atoms with van der Waals surface area (Å²) in [4.78, 5) is 14.1. The van der Waals surface area contributed by atoms with Gasteiger partial charge in [0.25, 0.3) is 6.47 Å². The average Bonchev–Trinajstić information content (AvgIpc) is 2.88. The van der Waals surface area contributed by atoms with Crippen LogP contribution in [0, 0.1) is 0 Å². The van der Waals surface area contributed by atoms with Gasteiger partial charge in [0.15, 0.2) is 0 Å². The molecule has 0 aliphatic carbocycles. The van der Waals surface area contributed by atoms with Crippen molar-refractivity contribution in [3.8, 4) is 0 Å². The SMILES string of the molecule is CC(C)(C)OC=O.CC1(c2nc(CO)cs2)CCNCC1. The number of aliphatic hydroxyl groups excluding tert-OH is 1. The molecule has 0 radical (unpaired) electrons. The van der Waals surface area contributed by atoms with Gasteiger partial charge in [-0.05, 0) is 46.7 Å². The zero-order valence-electron chi connectivity index (χ0n) is 13.3. The van der Waals surface area contributed by atoms with Crippen molar-refractivity contribution >= 4 is 17.8 Å². The fourth-order valence-electron chi connectivity index (χ4n) is 1.99. The lowest BCUT2D eigenvalue weighted by atomic mass is 9.82. The molecule has 1 saturated heterocycles. The summed E-state index contributed by atoms with van der Waals surface area (Å²) in [5, 5.41) is 15.5. The minimum absolute atomic E-state index is 0.0603. The molecule has 1 aromatic heterocycles. The summed E-state index contributed by atoms with van der Waals surface area (Å²) in [5.41, 5.74) is 0.718. The van der Waals surface area contributed by atoms with Crippen LogP contribution in [0.5, 0.6) is 0 Å². The van der Waals surface area contributed by atoms with Crippen molar-refractivity contribution in [2.45, 2.75) is 58.2 Å². The van der Waals surface area contributed by atoms with E-state index in [1.165, 1.54) is 5.01 Å². The Morgan fingerprint density at radius 1 is 1.48 bits per heavy atom. The number of hydrogen-bond donors (Lipinski definition) is 2. The van der Waals surface area contributed by atoms with Crippen LogP contribution in [-0.4, -0.2) is 35.3 Å². The van der Waals surface area contributed by atoms with E-state index < -0.39 is 0 Å². The molecule has 6 heteroatoms. The van der Waals surface area contributed by atoms with Gasteiger partial charge in [0, 0.05) is 10.8 Å². The maximum absolute atomic E-state index is 9.60. The topological polar surface area (TPSA) is 71.5 Å². The summed E-state index contributed by atoms with van der Waals surface area (Å²) in [6.45, 7) is 10.4. The summed E-state index contributed by atoms with van der Waals surface area (Å²) in [6, 6.07) is 0. The Morgan fingerprint density at radius 3 is 2.48 bits per heavy atom. The summed E-state index contributed by atoms with van der Waals surface area (Å²) >= 11 is 1.68. The number of carbonyl (C=O) groups excluding carboxylic acids is 1. The van der Waals surface area contributed by atoms with Crippen LogP contribution in [0.15, 0.2) is 5.38 Å². The van der Waals surface area contributed by atoms with E-state index in [0.717, 1.165) is 31.6 Å². The normalized spacial score (nSPS) is 17.6. The lowest BCUT2D eigenvalue weighted by Gasteiger charge is -2.31. The van der Waals surface area contributed by atoms with Crippen LogP contribution in [0.4, 0.5) is 0 Å². The van der Waals surface area contributed by atoms with Gasteiger partial charge in [0.1, 0.15) is 5.60 Å². The van der Waals surface area contributed by atoms with E-state index in [1.54, 1.807) is 11.3 Å². The highest BCUT2D eigenvalue weighted by Gasteiger charge is 2.31. The minimum Gasteiger partial charge on any atom is -0.462 e. The number of rotatable bonds is 3. The van der Waals surface area contributed by atoms with E-state index in [0.29, 0.717) is 6.47 Å². The van der Waals surface area contributed by atoms with Gasteiger partial charge in [-0.3, -0.25) is 4.79 Å². The van der Waals surface area contributed by atoms with E-state index in [-0.39, 0.29) is 17.6 Å². The molecule has 0 aromatic carbocycles. The summed E-state index contributed by atoms with van der Waals surface area (Å²) in [6.07, 6.45) is 2.29. The van der Waals surface area contributed by atoms with Crippen molar-refractivity contribution in [2.24, 2.45) is 0 Å². The molecule has 0 amide bonds. The van der Waals surface area contributed by atoms with Crippen LogP contribution >= 0.6 is 11.3 Å². The molecule has 1 aromatic rings. The Balaban J connectivity index is 0.000000270. The van der Waals surface area contributed by atoms with Gasteiger partial charge in [-0.1, -0.05) is 6.92 Å². The van der Waals surface area contributed by atoms with E-state index in [9.17, 15) is 4.79 Å². The Morgan fingerprint density at radius 2 is 2.10 bits per heavy atom. The highest BCUT2D eigenvalue weighted by Crippen LogP contribution is 2.34. The molecule has 0 saturated carbocycles. The number of piperidine rings is 1. The number of nitrogens with zero attached hydrogens (tertiary/aromatic N) is 1.